The van der Waals surface area contributed by atoms with Crippen LogP contribution < -0.4 is 0 Å². The monoisotopic (exact) mass is 248 g/mol. The topological polar surface area (TPSA) is 0 Å². The van der Waals surface area contributed by atoms with Gasteiger partial charge >= 0.3 is 0 Å². The second kappa shape index (κ2) is 3.50. The predicted octanol–water partition coefficient (Wildman–Crippen LogP) is 4.67. The minimum atomic E-state index is 0.199. The Hall–Kier alpha value is -1.56. The summed E-state index contributed by atoms with van der Waals surface area (Å²) in [5.41, 5.74) is 5.24. The van der Waals surface area contributed by atoms with Crippen LogP contribution in [0.25, 0.3) is 0 Å². The lowest BCUT2D eigenvalue weighted by atomic mass is 9.54. The Balaban J connectivity index is 1.99. The van der Waals surface area contributed by atoms with Gasteiger partial charge in [-0.2, -0.15) is 0 Å². The fraction of sp³-hybridized carbons (Fsp3) is 0.368. The first kappa shape index (κ1) is 11.3. The van der Waals surface area contributed by atoms with Crippen LogP contribution in [0.4, 0.5) is 0 Å². The van der Waals surface area contributed by atoms with Crippen molar-refractivity contribution in [2.24, 2.45) is 5.92 Å². The van der Waals surface area contributed by atoms with E-state index in [0.29, 0.717) is 5.41 Å². The first-order chi connectivity index (χ1) is 9.17. The van der Waals surface area contributed by atoms with Crippen LogP contribution in [-0.2, 0) is 10.8 Å². The molecule has 1 fully saturated rings. The van der Waals surface area contributed by atoms with Gasteiger partial charge in [-0.05, 0) is 40.9 Å². The molecule has 4 rings (SSSR count). The molecule has 2 aromatic carbocycles. The van der Waals surface area contributed by atoms with Gasteiger partial charge in [0.2, 0.25) is 0 Å². The Bertz CT molecular complexity index is 627. The summed E-state index contributed by atoms with van der Waals surface area (Å²) in [5, 5.41) is 0. The standard InChI is InChI=1S/C19H20/c1-18-13-12-17(18)19(2,14-8-4-3-5-9-14)16-11-7-6-10-15(16)18/h3-11,17H,12-13H2,1-2H3. The van der Waals surface area contributed by atoms with Gasteiger partial charge in [0.15, 0.2) is 0 Å². The van der Waals surface area contributed by atoms with Crippen LogP contribution in [0.1, 0.15) is 43.4 Å². The molecule has 2 aromatic rings. The Morgan fingerprint density at radius 3 is 2.11 bits per heavy atom. The highest BCUT2D eigenvalue weighted by Gasteiger charge is 2.60. The van der Waals surface area contributed by atoms with Gasteiger partial charge in [0.05, 0.1) is 0 Å². The van der Waals surface area contributed by atoms with E-state index >= 15 is 0 Å². The molecule has 2 aliphatic rings. The summed E-state index contributed by atoms with van der Waals surface area (Å²) in [7, 11) is 0. The Morgan fingerprint density at radius 1 is 0.842 bits per heavy atom. The summed E-state index contributed by atoms with van der Waals surface area (Å²) in [5.74, 6) is 0.764. The molecule has 3 atom stereocenters. The molecule has 0 heteroatoms. The van der Waals surface area contributed by atoms with Gasteiger partial charge in [0, 0.05) is 5.41 Å². The van der Waals surface area contributed by atoms with E-state index in [2.05, 4.69) is 68.4 Å². The van der Waals surface area contributed by atoms with Gasteiger partial charge < -0.3 is 0 Å². The third-order valence-electron chi connectivity index (χ3n) is 5.89. The molecule has 96 valence electrons. The molecule has 2 aliphatic carbocycles. The van der Waals surface area contributed by atoms with E-state index in [1.807, 2.05) is 0 Å². The highest BCUT2D eigenvalue weighted by molar-refractivity contribution is 5.55. The Labute approximate surface area is 115 Å². The molecule has 1 saturated carbocycles. The second-order valence-corrected chi connectivity index (χ2v) is 6.62. The van der Waals surface area contributed by atoms with Crippen molar-refractivity contribution < 1.29 is 0 Å². The number of fused-ring (bicyclic) bond motifs is 3. The van der Waals surface area contributed by atoms with Crippen molar-refractivity contribution in [1.82, 2.24) is 0 Å². The van der Waals surface area contributed by atoms with Crippen molar-refractivity contribution in [3.63, 3.8) is 0 Å². The van der Waals surface area contributed by atoms with Crippen LogP contribution >= 0.6 is 0 Å². The number of rotatable bonds is 1. The van der Waals surface area contributed by atoms with Gasteiger partial charge in [-0.15, -0.1) is 0 Å². The second-order valence-electron chi connectivity index (χ2n) is 6.62. The molecular weight excluding hydrogens is 228 g/mol. The maximum Gasteiger partial charge on any atom is 0.0214 e. The average Bonchev–Trinajstić information content (AvgIpc) is 2.58. The van der Waals surface area contributed by atoms with Crippen LogP contribution in [0.3, 0.4) is 0 Å². The van der Waals surface area contributed by atoms with E-state index in [9.17, 15) is 0 Å². The van der Waals surface area contributed by atoms with E-state index in [-0.39, 0.29) is 5.41 Å². The first-order valence-electron chi connectivity index (χ1n) is 7.33. The van der Waals surface area contributed by atoms with Crippen LogP contribution in [0.15, 0.2) is 54.6 Å². The molecule has 0 radical (unpaired) electrons. The van der Waals surface area contributed by atoms with Gasteiger partial charge in [-0.25, -0.2) is 0 Å². The summed E-state index contributed by atoms with van der Waals surface area (Å²) in [6.07, 6.45) is 2.70. The van der Waals surface area contributed by atoms with Crippen LogP contribution in [0, 0.1) is 5.92 Å². The number of hydrogen-bond acceptors (Lipinski definition) is 0. The summed E-state index contributed by atoms with van der Waals surface area (Å²) in [4.78, 5) is 0. The SMILES string of the molecule is CC12CCC1C(C)(c1ccccc1)c1ccccc12. The van der Waals surface area contributed by atoms with Gasteiger partial charge in [-0.1, -0.05) is 68.4 Å². The van der Waals surface area contributed by atoms with E-state index in [0.717, 1.165) is 5.92 Å². The summed E-state index contributed by atoms with van der Waals surface area (Å²) in [6.45, 7) is 4.92. The molecular formula is C19H20. The van der Waals surface area contributed by atoms with Crippen molar-refractivity contribution >= 4 is 0 Å². The van der Waals surface area contributed by atoms with Crippen molar-refractivity contribution in [3.05, 3.63) is 71.3 Å². The molecule has 19 heavy (non-hydrogen) atoms. The van der Waals surface area contributed by atoms with E-state index in [1.165, 1.54) is 18.4 Å². The molecule has 0 spiro atoms. The normalized spacial score (nSPS) is 35.4. The molecule has 0 nitrogen and oxygen atoms in total. The molecule has 0 bridgehead atoms. The maximum atomic E-state index is 2.47. The predicted molar refractivity (Wildman–Crippen MR) is 79.4 cm³/mol. The quantitative estimate of drug-likeness (QED) is 0.687. The fourth-order valence-electron chi connectivity index (χ4n) is 4.73. The zero-order valence-electron chi connectivity index (χ0n) is 11.7. The minimum Gasteiger partial charge on any atom is -0.0622 e. The zero-order chi connectivity index (χ0) is 13.1. The van der Waals surface area contributed by atoms with Crippen molar-refractivity contribution in [3.8, 4) is 0 Å². The third-order valence-corrected chi connectivity index (χ3v) is 5.89. The molecule has 0 aliphatic heterocycles. The van der Waals surface area contributed by atoms with Crippen molar-refractivity contribution in [2.75, 3.05) is 0 Å². The molecule has 3 unspecified atom stereocenters. The van der Waals surface area contributed by atoms with E-state index in [4.69, 9.17) is 0 Å². The Kier molecular flexibility index (Phi) is 2.08. The molecule has 0 heterocycles. The van der Waals surface area contributed by atoms with Crippen molar-refractivity contribution in [1.29, 1.82) is 0 Å². The largest absolute Gasteiger partial charge is 0.0622 e. The van der Waals surface area contributed by atoms with Gasteiger partial charge in [-0.3, -0.25) is 0 Å². The average molecular weight is 248 g/mol. The van der Waals surface area contributed by atoms with Crippen molar-refractivity contribution in [2.45, 2.75) is 37.5 Å². The van der Waals surface area contributed by atoms with E-state index in [1.54, 1.807) is 11.1 Å². The van der Waals surface area contributed by atoms with Gasteiger partial charge in [0.1, 0.15) is 0 Å². The number of hydrogen-bond donors (Lipinski definition) is 0. The summed E-state index contributed by atoms with van der Waals surface area (Å²) >= 11 is 0. The maximum absolute atomic E-state index is 2.47. The lowest BCUT2D eigenvalue weighted by Crippen LogP contribution is -2.46. The lowest BCUT2D eigenvalue weighted by molar-refractivity contribution is 0.109. The van der Waals surface area contributed by atoms with Crippen LogP contribution in [0.2, 0.25) is 0 Å². The zero-order valence-corrected chi connectivity index (χ0v) is 11.7. The molecule has 0 aromatic heterocycles. The van der Waals surface area contributed by atoms with Crippen LogP contribution in [0.5, 0.6) is 0 Å². The first-order valence-corrected chi connectivity index (χ1v) is 7.33. The molecule has 0 N–H and O–H groups in total. The lowest BCUT2D eigenvalue weighted by Gasteiger charge is -2.49. The highest BCUT2D eigenvalue weighted by Crippen LogP contribution is 2.65. The Morgan fingerprint density at radius 2 is 1.47 bits per heavy atom. The van der Waals surface area contributed by atoms with Gasteiger partial charge in [0.25, 0.3) is 0 Å². The fourth-order valence-corrected chi connectivity index (χ4v) is 4.73. The molecule has 0 saturated heterocycles. The summed E-state index contributed by atoms with van der Waals surface area (Å²) in [6, 6.07) is 20.2. The molecule has 0 amide bonds. The highest BCUT2D eigenvalue weighted by atomic mass is 14.6. The minimum absolute atomic E-state index is 0.199. The summed E-state index contributed by atoms with van der Waals surface area (Å²) < 4.78 is 0. The third kappa shape index (κ3) is 1.20. The van der Waals surface area contributed by atoms with Crippen LogP contribution in [-0.4, -0.2) is 0 Å². The van der Waals surface area contributed by atoms with E-state index < -0.39 is 0 Å². The smallest absolute Gasteiger partial charge is 0.0214 e. The number of benzene rings is 2.